The Morgan fingerprint density at radius 3 is 2.47 bits per heavy atom. The van der Waals surface area contributed by atoms with Crippen LogP contribution < -0.4 is 10.1 Å². The molecule has 12 nitrogen and oxygen atoms in total. The molecule has 2 aliphatic rings. The van der Waals surface area contributed by atoms with Gasteiger partial charge in [0.2, 0.25) is 0 Å². The quantitative estimate of drug-likeness (QED) is 0.216. The summed E-state index contributed by atoms with van der Waals surface area (Å²) in [7, 11) is 2.46. The summed E-state index contributed by atoms with van der Waals surface area (Å²) in [6.07, 6.45) is -4.25. The molecule has 0 spiro atoms. The molecule has 0 saturated carbocycles. The zero-order valence-electron chi connectivity index (χ0n) is 18.5. The fraction of sp³-hybridized carbons (Fsp3) is 0.500. The number of phenols is 1. The van der Waals surface area contributed by atoms with Crippen LogP contribution in [0, 0.1) is 5.92 Å². The van der Waals surface area contributed by atoms with Crippen LogP contribution in [0.4, 0.5) is 5.69 Å². The van der Waals surface area contributed by atoms with Gasteiger partial charge in [0.1, 0.15) is 41.9 Å². The minimum atomic E-state index is -2.04. The maximum atomic E-state index is 12.2. The van der Waals surface area contributed by atoms with Gasteiger partial charge in [-0.25, -0.2) is 4.79 Å². The van der Waals surface area contributed by atoms with E-state index in [-0.39, 0.29) is 35.1 Å². The molecule has 1 fully saturated rings. The third-order valence-electron chi connectivity index (χ3n) is 6.08. The number of nitrogens with one attached hydrogen (secondary N) is 1. The lowest BCUT2D eigenvalue weighted by Crippen LogP contribution is -2.67. The van der Waals surface area contributed by atoms with Gasteiger partial charge in [-0.3, -0.25) is 0 Å². The highest BCUT2D eigenvalue weighted by Gasteiger charge is 2.54. The van der Waals surface area contributed by atoms with E-state index in [0.717, 1.165) is 0 Å². The fourth-order valence-corrected chi connectivity index (χ4v) is 4.20. The molecule has 1 saturated heterocycles. The topological polar surface area (TPSA) is 198 Å². The van der Waals surface area contributed by atoms with Crippen molar-refractivity contribution < 1.29 is 54.8 Å². The van der Waals surface area contributed by atoms with Crippen molar-refractivity contribution in [1.82, 2.24) is 0 Å². The van der Waals surface area contributed by atoms with Crippen molar-refractivity contribution in [3.05, 3.63) is 41.7 Å². The van der Waals surface area contributed by atoms with Gasteiger partial charge in [-0.2, -0.15) is 0 Å². The van der Waals surface area contributed by atoms with Crippen LogP contribution in [0.5, 0.6) is 11.5 Å². The first-order chi connectivity index (χ1) is 16.1. The average molecular weight is 483 g/mol. The normalized spacial score (nSPS) is 33.2. The van der Waals surface area contributed by atoms with Crippen LogP contribution in [-0.4, -0.2) is 105 Å². The summed E-state index contributed by atoms with van der Waals surface area (Å²) in [5.41, 5.74) is -1.97. The smallest absolute Gasteiger partial charge is 0.340 e. The van der Waals surface area contributed by atoms with Crippen LogP contribution >= 0.6 is 0 Å². The van der Waals surface area contributed by atoms with Gasteiger partial charge in [-0.15, -0.1) is 0 Å². The van der Waals surface area contributed by atoms with E-state index in [1.807, 2.05) is 0 Å². The molecule has 34 heavy (non-hydrogen) atoms. The van der Waals surface area contributed by atoms with E-state index in [4.69, 9.17) is 14.2 Å². The predicted octanol–water partition coefficient (Wildman–Crippen LogP) is -1.20. The Morgan fingerprint density at radius 1 is 1.15 bits per heavy atom. The van der Waals surface area contributed by atoms with Crippen LogP contribution in [0.15, 0.2) is 36.1 Å². The Hall–Kier alpha value is -2.87. The van der Waals surface area contributed by atoms with E-state index >= 15 is 0 Å². The second kappa shape index (κ2) is 10.2. The lowest BCUT2D eigenvalue weighted by molar-refractivity contribution is -0.266. The van der Waals surface area contributed by atoms with E-state index in [9.17, 15) is 40.5 Å². The average Bonchev–Trinajstić information content (AvgIpc) is 2.82. The second-order valence-electron chi connectivity index (χ2n) is 8.08. The first kappa shape index (κ1) is 25.7. The van der Waals surface area contributed by atoms with E-state index in [1.165, 1.54) is 44.6 Å². The van der Waals surface area contributed by atoms with Gasteiger partial charge < -0.3 is 55.3 Å². The van der Waals surface area contributed by atoms with Crippen LogP contribution in [0.1, 0.15) is 10.4 Å². The highest BCUT2D eigenvalue weighted by atomic mass is 16.6. The van der Waals surface area contributed by atoms with Crippen molar-refractivity contribution in [1.29, 1.82) is 0 Å². The number of allylic oxidation sites excluding steroid dienone is 1. The van der Waals surface area contributed by atoms with Crippen molar-refractivity contribution in [3.63, 3.8) is 0 Å². The number of carbonyl (C=O) groups is 1. The molecule has 0 bridgehead atoms. The number of hydrogen-bond acceptors (Lipinski definition) is 12. The van der Waals surface area contributed by atoms with Crippen LogP contribution in [0.3, 0.4) is 0 Å². The Balaban J connectivity index is 1.96. The van der Waals surface area contributed by atoms with Gasteiger partial charge in [0.25, 0.3) is 0 Å². The molecule has 3 rings (SSSR count). The number of carbonyl (C=O) groups excluding carboxylic acids is 1. The zero-order chi connectivity index (χ0) is 25.2. The third-order valence-corrected chi connectivity index (χ3v) is 6.08. The van der Waals surface area contributed by atoms with Gasteiger partial charge in [-0.05, 0) is 30.4 Å². The highest BCUT2D eigenvalue weighted by Crippen LogP contribution is 2.40. The number of hydrogen-bond donors (Lipinski definition) is 8. The summed E-state index contributed by atoms with van der Waals surface area (Å²) in [5.74, 6) is -2.32. The number of aromatic hydroxyl groups is 1. The van der Waals surface area contributed by atoms with Gasteiger partial charge in [-0.1, -0.05) is 0 Å². The third kappa shape index (κ3) is 4.56. The molecule has 0 aromatic heterocycles. The number of ether oxygens (including phenoxy) is 3. The Labute approximate surface area is 194 Å². The highest BCUT2D eigenvalue weighted by molar-refractivity contribution is 5.98. The number of anilines is 1. The van der Waals surface area contributed by atoms with E-state index in [2.05, 4.69) is 5.32 Å². The van der Waals surface area contributed by atoms with Gasteiger partial charge >= 0.3 is 5.97 Å². The van der Waals surface area contributed by atoms with Crippen LogP contribution in [0.25, 0.3) is 0 Å². The summed E-state index contributed by atoms with van der Waals surface area (Å²) in [6, 6.07) is 2.56. The second-order valence-corrected chi connectivity index (χ2v) is 8.08. The molecule has 1 aromatic rings. The molecule has 0 radical (unpaired) electrons. The lowest BCUT2D eigenvalue weighted by Gasteiger charge is -2.48. The van der Waals surface area contributed by atoms with E-state index in [1.54, 1.807) is 0 Å². The minimum absolute atomic E-state index is 0.0214. The van der Waals surface area contributed by atoms with E-state index < -0.39 is 54.6 Å². The monoisotopic (exact) mass is 483 g/mol. The van der Waals surface area contributed by atoms with Gasteiger partial charge in [0.15, 0.2) is 11.5 Å². The number of esters is 1. The van der Waals surface area contributed by atoms with Crippen molar-refractivity contribution >= 4 is 11.7 Å². The fourth-order valence-electron chi connectivity index (χ4n) is 4.20. The Morgan fingerprint density at radius 2 is 1.85 bits per heavy atom. The molecule has 1 aromatic carbocycles. The summed E-state index contributed by atoms with van der Waals surface area (Å²) < 4.78 is 15.5. The summed E-state index contributed by atoms with van der Waals surface area (Å²) in [6.45, 7) is -0.877. The Bertz CT molecular complexity index is 962. The molecule has 0 amide bonds. The first-order valence-corrected chi connectivity index (χ1v) is 10.4. The SMILES string of the molecule is COC(=O)c1ccc(O)c(OC)c1NCC1C=C(O)C=CC1(O)[C@@H]1O[C@H](CO)[C@@H](O)[C@H](O)[C@H]1O. The van der Waals surface area contributed by atoms with Crippen LogP contribution in [0.2, 0.25) is 0 Å². The maximum Gasteiger partial charge on any atom is 0.340 e. The number of phenolic OH excluding ortho intramolecular Hbond substituents is 1. The molecule has 2 unspecified atom stereocenters. The first-order valence-electron chi connectivity index (χ1n) is 10.4. The van der Waals surface area contributed by atoms with E-state index in [0.29, 0.717) is 0 Å². The molecular weight excluding hydrogens is 454 g/mol. The lowest BCUT2D eigenvalue weighted by atomic mass is 9.74. The number of aliphatic hydroxyl groups excluding tert-OH is 5. The molecule has 1 heterocycles. The van der Waals surface area contributed by atoms with Crippen molar-refractivity contribution in [2.24, 2.45) is 5.92 Å². The Kier molecular flexibility index (Phi) is 7.70. The molecule has 12 heteroatoms. The largest absolute Gasteiger partial charge is 0.508 e. The minimum Gasteiger partial charge on any atom is -0.508 e. The molecule has 8 N–H and O–H groups in total. The predicted molar refractivity (Wildman–Crippen MR) is 117 cm³/mol. The number of benzene rings is 1. The molecule has 188 valence electrons. The number of methoxy groups -OCH3 is 2. The maximum absolute atomic E-state index is 12.2. The molecule has 1 aliphatic heterocycles. The molecular formula is C22H29NO11. The zero-order valence-corrected chi connectivity index (χ0v) is 18.5. The van der Waals surface area contributed by atoms with Crippen molar-refractivity contribution in [3.8, 4) is 11.5 Å². The summed E-state index contributed by atoms with van der Waals surface area (Å²) >= 11 is 0. The van der Waals surface area contributed by atoms with Crippen LogP contribution in [-0.2, 0) is 9.47 Å². The van der Waals surface area contributed by atoms with Gasteiger partial charge in [0, 0.05) is 12.5 Å². The number of aliphatic hydroxyl groups is 6. The summed E-state index contributed by atoms with van der Waals surface area (Å²) in [5, 5.41) is 74.9. The summed E-state index contributed by atoms with van der Waals surface area (Å²) in [4.78, 5) is 12.2. The standard InChI is InChI=1S/C22H29NO11/c1-32-19-13(26)4-3-12(21(30)33-2)15(19)23-8-10-7-11(25)5-6-22(10,31)20-18(29)17(28)16(27)14(9-24)34-20/h3-7,10,14,16-18,20,23-29,31H,8-9H2,1-2H3/t10?,14-,16-,17+,18-,20-,22?/m1/s1. The molecule has 7 atom stereocenters. The van der Waals surface area contributed by atoms with Gasteiger partial charge in [0.05, 0.1) is 32.1 Å². The molecule has 1 aliphatic carbocycles. The number of rotatable bonds is 7. The van der Waals surface area contributed by atoms with Crippen molar-refractivity contribution in [2.45, 2.75) is 36.1 Å². The van der Waals surface area contributed by atoms with Crippen molar-refractivity contribution in [2.75, 3.05) is 32.7 Å².